The summed E-state index contributed by atoms with van der Waals surface area (Å²) in [4.78, 5) is 27.2. The molecule has 0 aliphatic carbocycles. The van der Waals surface area contributed by atoms with Gasteiger partial charge in [0, 0.05) is 12.2 Å². The van der Waals surface area contributed by atoms with E-state index in [1.54, 1.807) is 12.0 Å². The molecule has 1 saturated heterocycles. The second-order valence-corrected chi connectivity index (χ2v) is 8.40. The summed E-state index contributed by atoms with van der Waals surface area (Å²) in [6, 6.07) is 10.5. The summed E-state index contributed by atoms with van der Waals surface area (Å²) in [5.74, 6) is -0.238. The van der Waals surface area contributed by atoms with Crippen LogP contribution in [-0.2, 0) is 0 Å². The number of methoxy groups -OCH3 is 1. The van der Waals surface area contributed by atoms with Crippen LogP contribution >= 0.6 is 11.3 Å². The summed E-state index contributed by atoms with van der Waals surface area (Å²) in [6.07, 6.45) is 1.55. The van der Waals surface area contributed by atoms with E-state index in [1.807, 2.05) is 25.1 Å². The number of hydrogen-bond acceptors (Lipinski definition) is 6. The lowest BCUT2D eigenvalue weighted by molar-refractivity contribution is 0.102. The summed E-state index contributed by atoms with van der Waals surface area (Å²) in [5.41, 5.74) is 2.06. The van der Waals surface area contributed by atoms with E-state index in [2.05, 4.69) is 20.8 Å². The topological polar surface area (TPSA) is 96.4 Å². The Morgan fingerprint density at radius 1 is 1.16 bits per heavy atom. The molecule has 3 amide bonds. The van der Waals surface area contributed by atoms with Crippen LogP contribution in [-0.4, -0.2) is 40.7 Å². The molecule has 10 heteroatoms. The lowest BCUT2D eigenvalue weighted by Crippen LogP contribution is -2.34. The van der Waals surface area contributed by atoms with E-state index in [-0.39, 0.29) is 22.9 Å². The number of urea groups is 1. The van der Waals surface area contributed by atoms with Crippen LogP contribution in [0.15, 0.2) is 42.5 Å². The SMILES string of the molecule is COc1ccc(C)cc1NC(=O)N1CCC[C@H]1c1nnc(C(=O)Nc2ccc(F)cc2)s1. The van der Waals surface area contributed by atoms with Gasteiger partial charge in [0.25, 0.3) is 5.91 Å². The first-order valence-corrected chi connectivity index (χ1v) is 10.9. The monoisotopic (exact) mass is 455 g/mol. The highest BCUT2D eigenvalue weighted by Crippen LogP contribution is 2.35. The molecule has 32 heavy (non-hydrogen) atoms. The first kappa shape index (κ1) is 21.7. The summed E-state index contributed by atoms with van der Waals surface area (Å²) in [7, 11) is 1.55. The molecule has 0 bridgehead atoms. The Bertz CT molecular complexity index is 1130. The maximum atomic E-state index is 13.0. The summed E-state index contributed by atoms with van der Waals surface area (Å²) in [6.45, 7) is 2.51. The van der Waals surface area contributed by atoms with E-state index in [1.165, 1.54) is 24.3 Å². The zero-order chi connectivity index (χ0) is 22.7. The van der Waals surface area contributed by atoms with Crippen molar-refractivity contribution in [2.24, 2.45) is 0 Å². The Morgan fingerprint density at radius 3 is 2.69 bits per heavy atom. The van der Waals surface area contributed by atoms with Gasteiger partial charge >= 0.3 is 6.03 Å². The van der Waals surface area contributed by atoms with E-state index in [0.717, 1.165) is 29.7 Å². The maximum Gasteiger partial charge on any atom is 0.322 e. The van der Waals surface area contributed by atoms with E-state index in [0.29, 0.717) is 28.7 Å². The van der Waals surface area contributed by atoms with Gasteiger partial charge in [-0.05, 0) is 61.7 Å². The number of anilines is 2. The van der Waals surface area contributed by atoms with Crippen molar-refractivity contribution in [3.63, 3.8) is 0 Å². The first-order valence-electron chi connectivity index (χ1n) is 10.1. The molecule has 1 fully saturated rings. The second kappa shape index (κ2) is 9.31. The minimum atomic E-state index is -0.432. The van der Waals surface area contributed by atoms with Gasteiger partial charge in [-0.3, -0.25) is 4.79 Å². The third-order valence-electron chi connectivity index (χ3n) is 5.13. The number of nitrogens with zero attached hydrogens (tertiary/aromatic N) is 3. The van der Waals surface area contributed by atoms with E-state index < -0.39 is 5.91 Å². The van der Waals surface area contributed by atoms with Crippen LogP contribution in [0.25, 0.3) is 0 Å². The lowest BCUT2D eigenvalue weighted by atomic mass is 10.2. The number of ether oxygens (including phenoxy) is 1. The molecule has 8 nitrogen and oxygen atoms in total. The van der Waals surface area contributed by atoms with Gasteiger partial charge in [0.05, 0.1) is 18.8 Å². The minimum Gasteiger partial charge on any atom is -0.495 e. The van der Waals surface area contributed by atoms with Gasteiger partial charge in [-0.2, -0.15) is 0 Å². The van der Waals surface area contributed by atoms with Gasteiger partial charge in [0.15, 0.2) is 0 Å². The van der Waals surface area contributed by atoms with Crippen molar-refractivity contribution in [1.29, 1.82) is 0 Å². The highest BCUT2D eigenvalue weighted by molar-refractivity contribution is 7.13. The number of carbonyl (C=O) groups is 2. The van der Waals surface area contributed by atoms with E-state index >= 15 is 0 Å². The number of aryl methyl sites for hydroxylation is 1. The van der Waals surface area contributed by atoms with Crippen molar-refractivity contribution in [2.75, 3.05) is 24.3 Å². The van der Waals surface area contributed by atoms with Crippen molar-refractivity contribution < 1.29 is 18.7 Å². The number of aromatic nitrogens is 2. The van der Waals surface area contributed by atoms with Gasteiger partial charge in [0.1, 0.15) is 16.6 Å². The third-order valence-corrected chi connectivity index (χ3v) is 6.16. The molecule has 2 heterocycles. The van der Waals surface area contributed by atoms with Gasteiger partial charge in [0.2, 0.25) is 5.01 Å². The summed E-state index contributed by atoms with van der Waals surface area (Å²) >= 11 is 1.14. The highest BCUT2D eigenvalue weighted by Gasteiger charge is 2.33. The Hall–Kier alpha value is -3.53. The van der Waals surface area contributed by atoms with Crippen LogP contribution in [0.2, 0.25) is 0 Å². The minimum absolute atomic E-state index is 0.178. The average molecular weight is 456 g/mol. The molecule has 0 unspecified atom stereocenters. The normalized spacial score (nSPS) is 15.5. The van der Waals surface area contributed by atoms with Crippen LogP contribution in [0.5, 0.6) is 5.75 Å². The van der Waals surface area contributed by atoms with Crippen LogP contribution in [0.4, 0.5) is 20.6 Å². The predicted octanol–water partition coefficient (Wildman–Crippen LogP) is 4.62. The molecule has 166 valence electrons. The molecule has 1 aliphatic heterocycles. The number of carbonyl (C=O) groups excluding carboxylic acids is 2. The number of likely N-dealkylation sites (tertiary alicyclic amines) is 1. The molecule has 0 saturated carbocycles. The molecular weight excluding hydrogens is 433 g/mol. The van der Waals surface area contributed by atoms with Crippen molar-refractivity contribution in [1.82, 2.24) is 15.1 Å². The maximum absolute atomic E-state index is 13.0. The number of amides is 3. The average Bonchev–Trinajstić information content (AvgIpc) is 3.45. The molecule has 4 rings (SSSR count). The van der Waals surface area contributed by atoms with E-state index in [9.17, 15) is 14.0 Å². The number of rotatable bonds is 5. The van der Waals surface area contributed by atoms with Crippen LogP contribution < -0.4 is 15.4 Å². The van der Waals surface area contributed by atoms with Crippen molar-refractivity contribution in [3.8, 4) is 5.75 Å². The summed E-state index contributed by atoms with van der Waals surface area (Å²) < 4.78 is 18.4. The molecule has 3 aromatic rings. The number of halogens is 1. The van der Waals surface area contributed by atoms with Crippen molar-refractivity contribution >= 4 is 34.6 Å². The fraction of sp³-hybridized carbons (Fsp3) is 0.273. The van der Waals surface area contributed by atoms with Crippen LogP contribution in [0.3, 0.4) is 0 Å². The molecule has 0 spiro atoms. The first-order chi connectivity index (χ1) is 15.4. The van der Waals surface area contributed by atoms with E-state index in [4.69, 9.17) is 4.74 Å². The number of nitrogens with one attached hydrogen (secondary N) is 2. The quantitative estimate of drug-likeness (QED) is 0.585. The van der Waals surface area contributed by atoms with Gasteiger partial charge in [-0.1, -0.05) is 17.4 Å². The van der Waals surface area contributed by atoms with Crippen LogP contribution in [0, 0.1) is 12.7 Å². The molecule has 2 N–H and O–H groups in total. The fourth-order valence-corrected chi connectivity index (χ4v) is 4.44. The zero-order valence-corrected chi connectivity index (χ0v) is 18.4. The smallest absolute Gasteiger partial charge is 0.322 e. The highest BCUT2D eigenvalue weighted by atomic mass is 32.1. The summed E-state index contributed by atoms with van der Waals surface area (Å²) in [5, 5.41) is 14.5. The molecular formula is C22H22FN5O3S. The van der Waals surface area contributed by atoms with Gasteiger partial charge in [-0.15, -0.1) is 10.2 Å². The molecule has 1 atom stereocenters. The fourth-order valence-electron chi connectivity index (χ4n) is 3.55. The molecule has 1 aliphatic rings. The molecule has 1 aromatic heterocycles. The molecule has 0 radical (unpaired) electrons. The Balaban J connectivity index is 1.46. The van der Waals surface area contributed by atoms with Crippen LogP contribution in [0.1, 0.15) is 39.3 Å². The van der Waals surface area contributed by atoms with Gasteiger partial charge < -0.3 is 20.3 Å². The zero-order valence-electron chi connectivity index (χ0n) is 17.6. The Morgan fingerprint density at radius 2 is 1.94 bits per heavy atom. The number of benzene rings is 2. The largest absolute Gasteiger partial charge is 0.495 e. The molecule has 2 aromatic carbocycles. The second-order valence-electron chi connectivity index (χ2n) is 7.39. The predicted molar refractivity (Wildman–Crippen MR) is 120 cm³/mol. The number of hydrogen-bond donors (Lipinski definition) is 2. The van der Waals surface area contributed by atoms with Crippen molar-refractivity contribution in [3.05, 3.63) is 63.9 Å². The standard InChI is InChI=1S/C22H22FN5O3S/c1-13-5-10-18(31-2)16(12-13)25-22(30)28-11-3-4-17(28)20-26-27-21(32-20)19(29)24-15-8-6-14(23)7-9-15/h5-10,12,17H,3-4,11H2,1-2H3,(H,24,29)(H,25,30)/t17-/m0/s1. The van der Waals surface area contributed by atoms with Gasteiger partial charge in [-0.25, -0.2) is 9.18 Å². The third kappa shape index (κ3) is 4.70. The lowest BCUT2D eigenvalue weighted by Gasteiger charge is -2.23. The van der Waals surface area contributed by atoms with Crippen molar-refractivity contribution in [2.45, 2.75) is 25.8 Å². The Kier molecular flexibility index (Phi) is 6.31. The Labute approximate surface area is 188 Å².